The zero-order chi connectivity index (χ0) is 16.6. The fourth-order valence-corrected chi connectivity index (χ4v) is 2.84. The Kier molecular flexibility index (Phi) is 3.95. The highest BCUT2D eigenvalue weighted by molar-refractivity contribution is 5.68. The third kappa shape index (κ3) is 3.43. The summed E-state index contributed by atoms with van der Waals surface area (Å²) in [5.41, 5.74) is 0.0881. The Hall–Kier alpha value is -2.18. The van der Waals surface area contributed by atoms with Crippen LogP contribution in [0.2, 0.25) is 0 Å². The van der Waals surface area contributed by atoms with Crippen molar-refractivity contribution in [3.05, 3.63) is 30.0 Å². The summed E-state index contributed by atoms with van der Waals surface area (Å²) in [4.78, 5) is 13.9. The molecular formula is C16H21FN4O2. The summed E-state index contributed by atoms with van der Waals surface area (Å²) >= 11 is 0. The van der Waals surface area contributed by atoms with Crippen LogP contribution >= 0.6 is 0 Å². The highest BCUT2D eigenvalue weighted by Crippen LogP contribution is 2.27. The first-order valence-corrected chi connectivity index (χ1v) is 7.81. The number of likely N-dealkylation sites (tertiary alicyclic amines) is 1. The molecule has 1 amide bonds. The lowest BCUT2D eigenvalue weighted by Gasteiger charge is -2.33. The van der Waals surface area contributed by atoms with E-state index < -0.39 is 5.60 Å². The van der Waals surface area contributed by atoms with Crippen LogP contribution in [-0.2, 0) is 4.74 Å². The van der Waals surface area contributed by atoms with Gasteiger partial charge in [0.15, 0.2) is 5.65 Å². The molecule has 3 heterocycles. The number of ether oxygens (including phenoxy) is 1. The second-order valence-corrected chi connectivity index (χ2v) is 6.90. The average Bonchev–Trinajstić information content (AvgIpc) is 2.88. The number of pyridine rings is 1. The number of hydrogen-bond donors (Lipinski definition) is 0. The summed E-state index contributed by atoms with van der Waals surface area (Å²) in [6.45, 7) is 6.71. The molecule has 0 saturated carbocycles. The molecule has 0 aliphatic carbocycles. The first kappa shape index (κ1) is 15.7. The van der Waals surface area contributed by atoms with E-state index in [4.69, 9.17) is 4.74 Å². The normalized spacial score (nSPS) is 19.1. The van der Waals surface area contributed by atoms with Crippen molar-refractivity contribution in [2.24, 2.45) is 0 Å². The van der Waals surface area contributed by atoms with E-state index in [9.17, 15) is 9.18 Å². The summed E-state index contributed by atoms with van der Waals surface area (Å²) < 4.78 is 20.6. The number of carbonyl (C=O) groups excluding carboxylic acids is 1. The minimum Gasteiger partial charge on any atom is -0.444 e. The van der Waals surface area contributed by atoms with E-state index in [1.807, 2.05) is 20.8 Å². The van der Waals surface area contributed by atoms with E-state index in [0.717, 1.165) is 12.8 Å². The van der Waals surface area contributed by atoms with Gasteiger partial charge in [0.1, 0.15) is 17.2 Å². The van der Waals surface area contributed by atoms with Crippen LogP contribution in [0.1, 0.15) is 45.4 Å². The molecule has 2 aromatic heterocycles. The topological polar surface area (TPSA) is 59.7 Å². The number of carbonyl (C=O) groups is 1. The molecule has 1 aliphatic rings. The van der Waals surface area contributed by atoms with E-state index in [1.165, 1.54) is 12.3 Å². The van der Waals surface area contributed by atoms with Gasteiger partial charge in [-0.05, 0) is 45.7 Å². The van der Waals surface area contributed by atoms with Gasteiger partial charge in [-0.15, -0.1) is 10.2 Å². The molecule has 1 atom stereocenters. The summed E-state index contributed by atoms with van der Waals surface area (Å²) in [6.07, 6.45) is 2.81. The van der Waals surface area contributed by atoms with E-state index in [-0.39, 0.29) is 17.8 Å². The van der Waals surface area contributed by atoms with Crippen molar-refractivity contribution in [3.8, 4) is 0 Å². The van der Waals surface area contributed by atoms with Crippen molar-refractivity contribution in [3.63, 3.8) is 0 Å². The van der Waals surface area contributed by atoms with Gasteiger partial charge in [-0.2, -0.15) is 0 Å². The van der Waals surface area contributed by atoms with Crippen LogP contribution in [0.25, 0.3) is 5.65 Å². The Morgan fingerprint density at radius 3 is 2.87 bits per heavy atom. The molecule has 1 saturated heterocycles. The van der Waals surface area contributed by atoms with Crippen LogP contribution in [0.3, 0.4) is 0 Å². The molecule has 23 heavy (non-hydrogen) atoms. The maximum Gasteiger partial charge on any atom is 0.410 e. The molecule has 124 valence electrons. The van der Waals surface area contributed by atoms with E-state index >= 15 is 0 Å². The molecule has 0 spiro atoms. The molecule has 0 aromatic carbocycles. The first-order chi connectivity index (χ1) is 10.8. The number of rotatable bonds is 1. The third-order valence-corrected chi connectivity index (χ3v) is 3.83. The Balaban J connectivity index is 1.80. The smallest absolute Gasteiger partial charge is 0.410 e. The molecule has 0 radical (unpaired) electrons. The molecule has 1 fully saturated rings. The lowest BCUT2D eigenvalue weighted by atomic mass is 9.97. The molecule has 6 nitrogen and oxygen atoms in total. The molecule has 1 aliphatic heterocycles. The lowest BCUT2D eigenvalue weighted by molar-refractivity contribution is 0.0195. The minimum absolute atomic E-state index is 0.0214. The monoisotopic (exact) mass is 320 g/mol. The van der Waals surface area contributed by atoms with Crippen LogP contribution < -0.4 is 0 Å². The predicted molar refractivity (Wildman–Crippen MR) is 82.7 cm³/mol. The second kappa shape index (κ2) is 5.79. The van der Waals surface area contributed by atoms with E-state index in [0.29, 0.717) is 24.6 Å². The van der Waals surface area contributed by atoms with Gasteiger partial charge in [0, 0.05) is 25.2 Å². The molecule has 0 bridgehead atoms. The van der Waals surface area contributed by atoms with Crippen molar-refractivity contribution in [1.29, 1.82) is 0 Å². The summed E-state index contributed by atoms with van der Waals surface area (Å²) in [5, 5.41) is 8.27. The van der Waals surface area contributed by atoms with Crippen LogP contribution in [0, 0.1) is 5.82 Å². The number of amides is 1. The van der Waals surface area contributed by atoms with Gasteiger partial charge in [0.25, 0.3) is 0 Å². The SMILES string of the molecule is CC(C)(C)OC(=O)N1CCC[C@H](c2nnc3ccc(F)cn23)C1. The highest BCUT2D eigenvalue weighted by atomic mass is 19.1. The molecule has 7 heteroatoms. The Morgan fingerprint density at radius 1 is 1.35 bits per heavy atom. The quantitative estimate of drug-likeness (QED) is 0.810. The highest BCUT2D eigenvalue weighted by Gasteiger charge is 2.30. The van der Waals surface area contributed by atoms with E-state index in [2.05, 4.69) is 10.2 Å². The molecule has 0 N–H and O–H groups in total. The fourth-order valence-electron chi connectivity index (χ4n) is 2.84. The largest absolute Gasteiger partial charge is 0.444 e. The van der Waals surface area contributed by atoms with Gasteiger partial charge in [-0.1, -0.05) is 0 Å². The van der Waals surface area contributed by atoms with Crippen molar-refractivity contribution >= 4 is 11.7 Å². The average molecular weight is 320 g/mol. The van der Waals surface area contributed by atoms with Gasteiger partial charge in [0.2, 0.25) is 0 Å². The van der Waals surface area contributed by atoms with Crippen molar-refractivity contribution in [2.75, 3.05) is 13.1 Å². The van der Waals surface area contributed by atoms with Crippen LogP contribution in [0.4, 0.5) is 9.18 Å². The Morgan fingerprint density at radius 2 is 2.13 bits per heavy atom. The fraction of sp³-hybridized carbons (Fsp3) is 0.562. The minimum atomic E-state index is -0.519. The standard InChI is InChI=1S/C16H21FN4O2/c1-16(2,3)23-15(22)20-8-4-5-11(9-20)14-19-18-13-7-6-12(17)10-21(13)14/h6-7,10-11H,4-5,8-9H2,1-3H3/t11-/m0/s1. The zero-order valence-electron chi connectivity index (χ0n) is 13.6. The summed E-state index contributed by atoms with van der Waals surface area (Å²) in [7, 11) is 0. The van der Waals surface area contributed by atoms with Crippen LogP contribution in [0.5, 0.6) is 0 Å². The van der Waals surface area contributed by atoms with Gasteiger partial charge in [-0.25, -0.2) is 9.18 Å². The van der Waals surface area contributed by atoms with Crippen molar-refractivity contribution in [1.82, 2.24) is 19.5 Å². The van der Waals surface area contributed by atoms with E-state index in [1.54, 1.807) is 15.4 Å². The second-order valence-electron chi connectivity index (χ2n) is 6.90. The number of hydrogen-bond acceptors (Lipinski definition) is 4. The van der Waals surface area contributed by atoms with Gasteiger partial charge in [-0.3, -0.25) is 4.40 Å². The molecule has 2 aromatic rings. The third-order valence-electron chi connectivity index (χ3n) is 3.83. The lowest BCUT2D eigenvalue weighted by Crippen LogP contribution is -2.42. The molecule has 0 unspecified atom stereocenters. The van der Waals surface area contributed by atoms with Crippen molar-refractivity contribution < 1.29 is 13.9 Å². The number of aromatic nitrogens is 3. The van der Waals surface area contributed by atoms with Crippen LogP contribution in [-0.4, -0.2) is 44.3 Å². The Bertz CT molecular complexity index is 722. The van der Waals surface area contributed by atoms with Crippen LogP contribution in [0.15, 0.2) is 18.3 Å². The maximum absolute atomic E-state index is 13.5. The first-order valence-electron chi connectivity index (χ1n) is 7.81. The molecule has 3 rings (SSSR count). The maximum atomic E-state index is 13.5. The molecular weight excluding hydrogens is 299 g/mol. The number of nitrogens with zero attached hydrogens (tertiary/aromatic N) is 4. The Labute approximate surface area is 134 Å². The number of halogens is 1. The number of fused-ring (bicyclic) bond motifs is 1. The van der Waals surface area contributed by atoms with Crippen molar-refractivity contribution in [2.45, 2.75) is 45.1 Å². The summed E-state index contributed by atoms with van der Waals surface area (Å²) in [6, 6.07) is 2.96. The zero-order valence-corrected chi connectivity index (χ0v) is 13.6. The predicted octanol–water partition coefficient (Wildman–Crippen LogP) is 2.98. The van der Waals surface area contributed by atoms with Gasteiger partial charge in [0.05, 0.1) is 0 Å². The van der Waals surface area contributed by atoms with Gasteiger partial charge >= 0.3 is 6.09 Å². The van der Waals surface area contributed by atoms with Gasteiger partial charge < -0.3 is 9.64 Å². The number of piperidine rings is 1. The summed E-state index contributed by atoms with van der Waals surface area (Å²) in [5.74, 6) is 0.374.